The van der Waals surface area contributed by atoms with Gasteiger partial charge >= 0.3 is 0 Å². The smallest absolute Gasteiger partial charge is 0.264 e. The highest BCUT2D eigenvalue weighted by atomic mass is 32.1. The van der Waals surface area contributed by atoms with E-state index in [-0.39, 0.29) is 41.5 Å². The van der Waals surface area contributed by atoms with Crippen molar-refractivity contribution in [1.82, 2.24) is 15.0 Å². The van der Waals surface area contributed by atoms with Gasteiger partial charge in [0.15, 0.2) is 4.77 Å². The van der Waals surface area contributed by atoms with Crippen LogP contribution in [-0.2, 0) is 22.5 Å². The second kappa shape index (κ2) is 9.19. The van der Waals surface area contributed by atoms with E-state index in [4.69, 9.17) is 17.0 Å². The Morgan fingerprint density at radius 2 is 2.07 bits per heavy atom. The molecule has 0 aliphatic heterocycles. The molecule has 1 aromatic heterocycles. The summed E-state index contributed by atoms with van der Waals surface area (Å²) in [6.07, 6.45) is -0.0155. The fourth-order valence-electron chi connectivity index (χ4n) is 2.31. The predicted octanol–water partition coefficient (Wildman–Crippen LogP) is 1.48. The third kappa shape index (κ3) is 5.31. The lowest BCUT2D eigenvalue weighted by molar-refractivity contribution is -0.120. The monoisotopic (exact) mass is 394 g/mol. The van der Waals surface area contributed by atoms with Crippen molar-refractivity contribution in [3.63, 3.8) is 0 Å². The molecule has 2 aromatic rings. The van der Waals surface area contributed by atoms with Crippen LogP contribution in [0, 0.1) is 10.6 Å². The predicted molar refractivity (Wildman–Crippen MR) is 99.9 cm³/mol. The average Bonchev–Trinajstić information content (AvgIpc) is 2.61. The van der Waals surface area contributed by atoms with Crippen molar-refractivity contribution in [1.29, 1.82) is 0 Å². The number of halogens is 1. The topological polar surface area (TPSA) is 109 Å². The number of aromatic nitrogens is 2. The van der Waals surface area contributed by atoms with Gasteiger partial charge in [0.05, 0.1) is 25.3 Å². The first-order valence-electron chi connectivity index (χ1n) is 7.96. The summed E-state index contributed by atoms with van der Waals surface area (Å²) in [5.41, 5.74) is 2.28. The van der Waals surface area contributed by atoms with Gasteiger partial charge in [0.2, 0.25) is 11.8 Å². The first-order chi connectivity index (χ1) is 12.8. The fraction of sp³-hybridized carbons (Fsp3) is 0.294. The number of H-pyrrole nitrogens is 1. The molecular weight excluding hydrogens is 375 g/mol. The third-order valence-corrected chi connectivity index (χ3v) is 4.00. The Morgan fingerprint density at radius 1 is 1.41 bits per heavy atom. The van der Waals surface area contributed by atoms with Gasteiger partial charge in [0.1, 0.15) is 11.4 Å². The van der Waals surface area contributed by atoms with Crippen LogP contribution in [0.3, 0.4) is 0 Å². The van der Waals surface area contributed by atoms with Gasteiger partial charge < -0.3 is 9.84 Å². The number of ether oxygens (including phenoxy) is 1. The molecule has 0 spiro atoms. The Balaban J connectivity index is 2.19. The molecule has 1 aromatic carbocycles. The molecule has 10 heteroatoms. The molecule has 144 valence electrons. The van der Waals surface area contributed by atoms with E-state index in [1.807, 2.05) is 0 Å². The van der Waals surface area contributed by atoms with Gasteiger partial charge in [-0.05, 0) is 36.8 Å². The van der Waals surface area contributed by atoms with Gasteiger partial charge in [-0.3, -0.25) is 19.1 Å². The summed E-state index contributed by atoms with van der Waals surface area (Å²) < 4.78 is 19.2. The van der Waals surface area contributed by atoms with E-state index < -0.39 is 17.3 Å². The van der Waals surface area contributed by atoms with Crippen LogP contribution in [0.25, 0.3) is 0 Å². The minimum absolute atomic E-state index is 0.0155. The molecule has 0 atom stereocenters. The molecule has 3 N–H and O–H groups in total. The summed E-state index contributed by atoms with van der Waals surface area (Å²) in [5, 5.41) is 14.2. The maximum atomic E-state index is 12.9. The maximum absolute atomic E-state index is 12.9. The van der Waals surface area contributed by atoms with Crippen LogP contribution in [0.5, 0.6) is 5.88 Å². The molecule has 1 amide bonds. The standard InChI is InChI=1S/C17H19FN4O4S/c1-10(20-21-13(23)9-11-3-5-12(18)6-4-11)14-15(24)19-17(27)22(16(14)25)7-8-26-2/h3-6,25H,7-9H2,1-2H3,(H,21,23)(H,19,24,27)/b20-10+. The molecule has 0 bridgehead atoms. The summed E-state index contributed by atoms with van der Waals surface area (Å²) in [6.45, 7) is 1.97. The molecule has 27 heavy (non-hydrogen) atoms. The van der Waals surface area contributed by atoms with Crippen LogP contribution in [0.4, 0.5) is 4.39 Å². The summed E-state index contributed by atoms with van der Waals surface area (Å²) in [6, 6.07) is 5.49. The highest BCUT2D eigenvalue weighted by Crippen LogP contribution is 2.14. The van der Waals surface area contributed by atoms with Gasteiger partial charge in [-0.2, -0.15) is 5.10 Å². The zero-order valence-corrected chi connectivity index (χ0v) is 15.6. The van der Waals surface area contributed by atoms with Gasteiger partial charge in [0.25, 0.3) is 5.56 Å². The maximum Gasteiger partial charge on any atom is 0.264 e. The number of carbonyl (C=O) groups excluding carboxylic acids is 1. The Morgan fingerprint density at radius 3 is 2.70 bits per heavy atom. The zero-order valence-electron chi connectivity index (χ0n) is 14.8. The van der Waals surface area contributed by atoms with Crippen molar-refractivity contribution in [2.24, 2.45) is 5.10 Å². The molecule has 1 heterocycles. The first kappa shape index (κ1) is 20.5. The van der Waals surface area contributed by atoms with Crippen LogP contribution in [0.15, 0.2) is 34.2 Å². The lowest BCUT2D eigenvalue weighted by Gasteiger charge is -2.12. The number of hydrogen-bond acceptors (Lipinski definition) is 6. The van der Waals surface area contributed by atoms with Crippen molar-refractivity contribution >= 4 is 23.8 Å². The first-order valence-corrected chi connectivity index (χ1v) is 8.37. The van der Waals surface area contributed by atoms with Gasteiger partial charge in [-0.1, -0.05) is 12.1 Å². The second-order valence-electron chi connectivity index (χ2n) is 5.64. The Hall–Kier alpha value is -2.85. The number of nitrogens with zero attached hydrogens (tertiary/aromatic N) is 2. The number of rotatable bonds is 7. The van der Waals surface area contributed by atoms with E-state index in [0.717, 1.165) is 0 Å². The number of hydrazone groups is 1. The molecule has 2 rings (SSSR count). The second-order valence-corrected chi connectivity index (χ2v) is 6.02. The van der Waals surface area contributed by atoms with E-state index in [2.05, 4.69) is 15.5 Å². The number of amides is 1. The van der Waals surface area contributed by atoms with Crippen molar-refractivity contribution in [2.75, 3.05) is 13.7 Å². The number of methoxy groups -OCH3 is 1. The van der Waals surface area contributed by atoms with Crippen LogP contribution in [-0.4, -0.2) is 40.0 Å². The number of nitrogens with one attached hydrogen (secondary N) is 2. The van der Waals surface area contributed by atoms with E-state index in [1.165, 1.54) is 42.9 Å². The molecular formula is C17H19FN4O4S. The zero-order chi connectivity index (χ0) is 20.0. The van der Waals surface area contributed by atoms with Crippen LogP contribution in [0.1, 0.15) is 18.1 Å². The summed E-state index contributed by atoms with van der Waals surface area (Å²) >= 11 is 5.03. The van der Waals surface area contributed by atoms with Crippen molar-refractivity contribution in [3.8, 4) is 5.88 Å². The lowest BCUT2D eigenvalue weighted by atomic mass is 10.1. The van der Waals surface area contributed by atoms with Gasteiger partial charge in [-0.15, -0.1) is 0 Å². The van der Waals surface area contributed by atoms with Crippen molar-refractivity contribution < 1.29 is 19.0 Å². The molecule has 8 nitrogen and oxygen atoms in total. The Kier molecular flexibility index (Phi) is 6.97. The van der Waals surface area contributed by atoms with Crippen LogP contribution in [0.2, 0.25) is 0 Å². The number of aromatic amines is 1. The average molecular weight is 394 g/mol. The number of benzene rings is 1. The molecule has 0 unspecified atom stereocenters. The summed E-state index contributed by atoms with van der Waals surface area (Å²) in [5.74, 6) is -1.21. The number of carbonyl (C=O) groups is 1. The van der Waals surface area contributed by atoms with E-state index in [1.54, 1.807) is 0 Å². The minimum atomic E-state index is -0.625. The Labute approximate surface area is 159 Å². The molecule has 0 fully saturated rings. The van der Waals surface area contributed by atoms with E-state index >= 15 is 0 Å². The lowest BCUT2D eigenvalue weighted by Crippen LogP contribution is -2.26. The van der Waals surface area contributed by atoms with E-state index in [0.29, 0.717) is 5.56 Å². The summed E-state index contributed by atoms with van der Waals surface area (Å²) in [4.78, 5) is 26.6. The van der Waals surface area contributed by atoms with Gasteiger partial charge in [0, 0.05) is 7.11 Å². The van der Waals surface area contributed by atoms with Crippen molar-refractivity contribution in [3.05, 3.63) is 56.3 Å². The number of hydrogen-bond donors (Lipinski definition) is 3. The summed E-state index contributed by atoms with van der Waals surface area (Å²) in [7, 11) is 1.50. The highest BCUT2D eigenvalue weighted by molar-refractivity contribution is 7.71. The largest absolute Gasteiger partial charge is 0.494 e. The molecule has 0 aliphatic carbocycles. The van der Waals surface area contributed by atoms with Crippen molar-refractivity contribution in [2.45, 2.75) is 19.9 Å². The normalized spacial score (nSPS) is 11.4. The van der Waals surface area contributed by atoms with Crippen LogP contribution < -0.4 is 11.0 Å². The van der Waals surface area contributed by atoms with E-state index in [9.17, 15) is 19.1 Å². The highest BCUT2D eigenvalue weighted by Gasteiger charge is 2.16. The SMILES string of the molecule is COCCn1c(O)c(/C(C)=N/NC(=O)Cc2ccc(F)cc2)c(=O)[nH]c1=S. The van der Waals surface area contributed by atoms with Gasteiger partial charge in [-0.25, -0.2) is 9.82 Å². The van der Waals surface area contributed by atoms with Crippen LogP contribution >= 0.6 is 12.2 Å². The third-order valence-electron chi connectivity index (χ3n) is 3.68. The molecule has 0 saturated carbocycles. The number of aromatic hydroxyl groups is 1. The molecule has 0 aliphatic rings. The minimum Gasteiger partial charge on any atom is -0.494 e. The molecule has 0 saturated heterocycles. The Bertz CT molecular complexity index is 966. The fourth-order valence-corrected chi connectivity index (χ4v) is 2.58. The molecule has 0 radical (unpaired) electrons. The quantitative estimate of drug-likeness (QED) is 0.374.